The maximum Gasteiger partial charge on any atom is 0.329 e. The number of rotatable bonds is 6. The second kappa shape index (κ2) is 6.63. The molecule has 0 aliphatic carbocycles. The van der Waals surface area contributed by atoms with E-state index < -0.39 is 29.5 Å². The smallest absolute Gasteiger partial charge is 0.329 e. The zero-order valence-corrected chi connectivity index (χ0v) is 14.5. The Labute approximate surface area is 142 Å². The molecule has 3 amide bonds. The summed E-state index contributed by atoms with van der Waals surface area (Å²) >= 11 is 0. The van der Waals surface area contributed by atoms with Crippen molar-refractivity contribution in [3.63, 3.8) is 0 Å². The highest BCUT2D eigenvalue weighted by atomic mass is 16.4. The summed E-state index contributed by atoms with van der Waals surface area (Å²) in [6, 6.07) is 8.21. The van der Waals surface area contributed by atoms with E-state index in [1.807, 2.05) is 44.2 Å². The lowest BCUT2D eigenvalue weighted by molar-refractivity contribution is -0.152. The van der Waals surface area contributed by atoms with Gasteiger partial charge in [0.15, 0.2) is 0 Å². The van der Waals surface area contributed by atoms with Gasteiger partial charge < -0.3 is 10.0 Å². The summed E-state index contributed by atoms with van der Waals surface area (Å²) in [5.41, 5.74) is -0.673. The Morgan fingerprint density at radius 2 is 1.83 bits per heavy atom. The Balaban J connectivity index is 2.41. The van der Waals surface area contributed by atoms with Crippen LogP contribution in [-0.4, -0.2) is 44.4 Å². The minimum absolute atomic E-state index is 0.0558. The molecule has 0 aromatic heterocycles. The topological polar surface area (TPSA) is 77.9 Å². The number of hydrogen-bond acceptors (Lipinski definition) is 3. The second-order valence-electron chi connectivity index (χ2n) is 6.76. The van der Waals surface area contributed by atoms with Gasteiger partial charge in [0.25, 0.3) is 5.91 Å². The van der Waals surface area contributed by atoms with Crippen molar-refractivity contribution in [3.8, 4) is 0 Å². The third-order valence-corrected chi connectivity index (χ3v) is 4.71. The van der Waals surface area contributed by atoms with Crippen LogP contribution in [0.5, 0.6) is 0 Å². The number of amides is 3. The lowest BCUT2D eigenvalue weighted by Gasteiger charge is -2.29. The van der Waals surface area contributed by atoms with Crippen LogP contribution in [0.4, 0.5) is 4.79 Å². The fraction of sp³-hybridized carbons (Fsp3) is 0.500. The van der Waals surface area contributed by atoms with Crippen molar-refractivity contribution in [2.24, 2.45) is 5.92 Å². The Morgan fingerprint density at radius 1 is 1.25 bits per heavy atom. The van der Waals surface area contributed by atoms with E-state index >= 15 is 0 Å². The largest absolute Gasteiger partial charge is 0.480 e. The molecule has 2 rings (SSSR count). The third-order valence-electron chi connectivity index (χ3n) is 4.71. The maximum absolute atomic E-state index is 12.9. The van der Waals surface area contributed by atoms with Gasteiger partial charge in [-0.05, 0) is 25.3 Å². The molecule has 1 heterocycles. The SMILES string of the molecule is CCC(C)C1C(=O)N(C(C)(C)C(=O)O)C(=O)N1Cc1ccccc1. The minimum Gasteiger partial charge on any atom is -0.480 e. The van der Waals surface area contributed by atoms with Crippen molar-refractivity contribution >= 4 is 17.9 Å². The van der Waals surface area contributed by atoms with Crippen molar-refractivity contribution in [2.75, 3.05) is 0 Å². The third kappa shape index (κ3) is 3.00. The zero-order chi connectivity index (χ0) is 18.1. The quantitative estimate of drug-likeness (QED) is 0.813. The molecule has 0 spiro atoms. The first-order chi connectivity index (χ1) is 11.2. The average molecular weight is 332 g/mol. The Hall–Kier alpha value is -2.37. The van der Waals surface area contributed by atoms with Crippen molar-refractivity contribution in [1.82, 2.24) is 9.80 Å². The van der Waals surface area contributed by atoms with Crippen molar-refractivity contribution < 1.29 is 19.5 Å². The number of nitrogens with zero attached hydrogens (tertiary/aromatic N) is 2. The highest BCUT2D eigenvalue weighted by Gasteiger charge is 2.54. The predicted octanol–water partition coefficient (Wildman–Crippen LogP) is 2.73. The monoisotopic (exact) mass is 332 g/mol. The van der Waals surface area contributed by atoms with Gasteiger partial charge in [-0.15, -0.1) is 0 Å². The average Bonchev–Trinajstić information content (AvgIpc) is 2.78. The summed E-state index contributed by atoms with van der Waals surface area (Å²) in [6.45, 7) is 6.90. The molecule has 1 saturated heterocycles. The summed E-state index contributed by atoms with van der Waals surface area (Å²) in [7, 11) is 0. The van der Waals surface area contributed by atoms with Crippen molar-refractivity contribution in [1.29, 1.82) is 0 Å². The van der Waals surface area contributed by atoms with Gasteiger partial charge in [0.1, 0.15) is 11.6 Å². The van der Waals surface area contributed by atoms with Crippen LogP contribution in [0.25, 0.3) is 0 Å². The molecule has 6 nitrogen and oxygen atoms in total. The molecule has 6 heteroatoms. The molecule has 0 saturated carbocycles. The summed E-state index contributed by atoms with van der Waals surface area (Å²) in [5.74, 6) is -1.69. The van der Waals surface area contributed by atoms with Crippen LogP contribution in [-0.2, 0) is 16.1 Å². The molecule has 1 aromatic rings. The number of carbonyl (C=O) groups excluding carboxylic acids is 2. The molecule has 0 radical (unpaired) electrons. The molecule has 1 aromatic carbocycles. The van der Waals surface area contributed by atoms with Crippen molar-refractivity contribution in [2.45, 2.75) is 52.2 Å². The Kier molecular flexibility index (Phi) is 4.96. The standard InChI is InChI=1S/C18H24N2O4/c1-5-12(2)14-15(21)20(18(3,4)16(22)23)17(24)19(14)11-13-9-7-6-8-10-13/h6-10,12,14H,5,11H2,1-4H3,(H,22,23). The second-order valence-corrected chi connectivity index (χ2v) is 6.76. The molecule has 1 aliphatic heterocycles. The predicted molar refractivity (Wildman–Crippen MR) is 89.2 cm³/mol. The van der Waals surface area contributed by atoms with Crippen LogP contribution in [0.2, 0.25) is 0 Å². The van der Waals surface area contributed by atoms with E-state index in [-0.39, 0.29) is 12.5 Å². The number of imide groups is 1. The van der Waals surface area contributed by atoms with Gasteiger partial charge in [-0.1, -0.05) is 50.6 Å². The lowest BCUT2D eigenvalue weighted by atomic mass is 9.96. The van der Waals surface area contributed by atoms with Gasteiger partial charge >= 0.3 is 12.0 Å². The summed E-state index contributed by atoms with van der Waals surface area (Å²) in [4.78, 5) is 39.7. The molecule has 2 unspecified atom stereocenters. The summed E-state index contributed by atoms with van der Waals surface area (Å²) < 4.78 is 0. The molecule has 1 fully saturated rings. The van der Waals surface area contributed by atoms with Gasteiger partial charge in [0.05, 0.1) is 0 Å². The van der Waals surface area contributed by atoms with E-state index in [0.29, 0.717) is 0 Å². The van der Waals surface area contributed by atoms with Crippen LogP contribution in [0.15, 0.2) is 30.3 Å². The van der Waals surface area contributed by atoms with Crippen molar-refractivity contribution in [3.05, 3.63) is 35.9 Å². The molecular formula is C18H24N2O4. The maximum atomic E-state index is 12.9. The fourth-order valence-electron chi connectivity index (χ4n) is 2.94. The van der Waals surface area contributed by atoms with Crippen LogP contribution >= 0.6 is 0 Å². The molecule has 2 atom stereocenters. The lowest BCUT2D eigenvalue weighted by Crippen LogP contribution is -2.53. The number of carboxylic acid groups (broad SMARTS) is 1. The summed E-state index contributed by atoms with van der Waals surface area (Å²) in [5, 5.41) is 9.43. The highest BCUT2D eigenvalue weighted by molar-refractivity contribution is 6.08. The minimum atomic E-state index is -1.58. The van der Waals surface area contributed by atoms with Crippen LogP contribution in [0, 0.1) is 5.92 Å². The molecule has 1 aliphatic rings. The first kappa shape index (κ1) is 18.0. The Morgan fingerprint density at radius 3 is 2.33 bits per heavy atom. The van der Waals surface area contributed by atoms with Crippen LogP contribution in [0.3, 0.4) is 0 Å². The first-order valence-electron chi connectivity index (χ1n) is 8.13. The molecule has 130 valence electrons. The molecule has 1 N–H and O–H groups in total. The summed E-state index contributed by atoms with van der Waals surface area (Å²) in [6.07, 6.45) is 0.719. The first-order valence-corrected chi connectivity index (χ1v) is 8.13. The van der Waals surface area contributed by atoms with Crippen LogP contribution < -0.4 is 0 Å². The van der Waals surface area contributed by atoms with Gasteiger partial charge in [0.2, 0.25) is 0 Å². The number of carboxylic acids is 1. The Bertz CT molecular complexity index is 642. The van der Waals surface area contributed by atoms with E-state index in [0.717, 1.165) is 16.9 Å². The van der Waals surface area contributed by atoms with Gasteiger partial charge in [-0.3, -0.25) is 4.79 Å². The number of aliphatic carboxylic acids is 1. The fourth-order valence-corrected chi connectivity index (χ4v) is 2.94. The molecule has 0 bridgehead atoms. The normalized spacial score (nSPS) is 19.8. The van der Waals surface area contributed by atoms with E-state index in [9.17, 15) is 19.5 Å². The number of benzene rings is 1. The van der Waals surface area contributed by atoms with E-state index in [1.54, 1.807) is 0 Å². The van der Waals surface area contributed by atoms with E-state index in [4.69, 9.17) is 0 Å². The highest BCUT2D eigenvalue weighted by Crippen LogP contribution is 2.32. The number of urea groups is 1. The number of hydrogen-bond donors (Lipinski definition) is 1. The number of carbonyl (C=O) groups is 3. The van der Waals surface area contributed by atoms with Crippen LogP contribution in [0.1, 0.15) is 39.7 Å². The van der Waals surface area contributed by atoms with Gasteiger partial charge in [-0.25, -0.2) is 14.5 Å². The molecule has 24 heavy (non-hydrogen) atoms. The van der Waals surface area contributed by atoms with Gasteiger partial charge in [0, 0.05) is 6.54 Å². The molecular weight excluding hydrogens is 308 g/mol. The van der Waals surface area contributed by atoms with E-state index in [1.165, 1.54) is 18.7 Å². The van der Waals surface area contributed by atoms with E-state index in [2.05, 4.69) is 0 Å². The zero-order valence-electron chi connectivity index (χ0n) is 14.5. The van der Waals surface area contributed by atoms with Gasteiger partial charge in [-0.2, -0.15) is 0 Å².